The normalized spacial score (nSPS) is 15.1. The van der Waals surface area contributed by atoms with Gasteiger partial charge in [0.15, 0.2) is 5.82 Å². The van der Waals surface area contributed by atoms with Gasteiger partial charge in [0.1, 0.15) is 28.8 Å². The van der Waals surface area contributed by atoms with Gasteiger partial charge < -0.3 is 24.6 Å². The van der Waals surface area contributed by atoms with Gasteiger partial charge in [0.2, 0.25) is 5.88 Å². The number of aliphatic hydroxyl groups is 2. The molecular formula is C21H23F4N3O5. The Morgan fingerprint density at radius 1 is 1.24 bits per heavy atom. The molecule has 180 valence electrons. The van der Waals surface area contributed by atoms with Crippen molar-refractivity contribution >= 4 is 6.09 Å². The molecule has 1 aromatic carbocycles. The average Bonchev–Trinajstić information content (AvgIpc) is 2.71. The molecule has 1 aliphatic heterocycles. The van der Waals surface area contributed by atoms with E-state index in [1.807, 2.05) is 0 Å². The molecule has 33 heavy (non-hydrogen) atoms. The molecule has 3 rings (SSSR count). The summed E-state index contributed by atoms with van der Waals surface area (Å²) in [5.41, 5.74) is -1.55. The number of hydrogen-bond donors (Lipinski definition) is 2. The SMILES string of the molecule is CC(C)(C)OC(=O)N1CCc2c(nc(C(O)CO)nc2Oc2ccc(F)cc2C(F)(F)F)C1. The van der Waals surface area contributed by atoms with Crippen molar-refractivity contribution in [2.45, 2.75) is 51.6 Å². The molecule has 0 fully saturated rings. The molecule has 0 spiro atoms. The van der Waals surface area contributed by atoms with E-state index in [0.717, 1.165) is 12.1 Å². The van der Waals surface area contributed by atoms with Crippen molar-refractivity contribution in [2.24, 2.45) is 0 Å². The third-order valence-corrected chi connectivity index (χ3v) is 4.62. The molecule has 0 radical (unpaired) electrons. The summed E-state index contributed by atoms with van der Waals surface area (Å²) in [6.45, 7) is 4.43. The van der Waals surface area contributed by atoms with Crippen molar-refractivity contribution in [1.82, 2.24) is 14.9 Å². The number of carbonyl (C=O) groups excluding carboxylic acids is 1. The van der Waals surface area contributed by atoms with Crippen LogP contribution in [-0.2, 0) is 23.9 Å². The van der Waals surface area contributed by atoms with E-state index in [1.165, 1.54) is 4.90 Å². The smallest absolute Gasteiger partial charge is 0.420 e. The molecule has 0 saturated carbocycles. The number of nitrogens with zero attached hydrogens (tertiary/aromatic N) is 3. The minimum absolute atomic E-state index is 0.0795. The lowest BCUT2D eigenvalue weighted by Crippen LogP contribution is -2.40. The third kappa shape index (κ3) is 5.88. The number of halogens is 4. The second-order valence-corrected chi connectivity index (χ2v) is 8.40. The molecule has 2 heterocycles. The van der Waals surface area contributed by atoms with E-state index in [4.69, 9.17) is 9.47 Å². The maximum atomic E-state index is 13.5. The minimum atomic E-state index is -4.90. The van der Waals surface area contributed by atoms with Crippen molar-refractivity contribution in [1.29, 1.82) is 0 Å². The Hall–Kier alpha value is -2.99. The Morgan fingerprint density at radius 2 is 1.94 bits per heavy atom. The molecule has 0 bridgehead atoms. The van der Waals surface area contributed by atoms with Crippen LogP contribution in [0.5, 0.6) is 11.6 Å². The Balaban J connectivity index is 2.01. The summed E-state index contributed by atoms with van der Waals surface area (Å²) >= 11 is 0. The van der Waals surface area contributed by atoms with E-state index in [1.54, 1.807) is 20.8 Å². The Morgan fingerprint density at radius 3 is 2.55 bits per heavy atom. The number of amides is 1. The summed E-state index contributed by atoms with van der Waals surface area (Å²) in [6, 6.07) is 1.94. The Kier molecular flexibility index (Phi) is 6.80. The number of fused-ring (bicyclic) bond motifs is 1. The zero-order valence-corrected chi connectivity index (χ0v) is 18.1. The van der Waals surface area contributed by atoms with Gasteiger partial charge >= 0.3 is 12.3 Å². The van der Waals surface area contributed by atoms with Crippen LogP contribution in [0, 0.1) is 5.82 Å². The monoisotopic (exact) mass is 473 g/mol. The quantitative estimate of drug-likeness (QED) is 0.652. The number of rotatable bonds is 4. The maximum Gasteiger partial charge on any atom is 0.420 e. The predicted molar refractivity (Wildman–Crippen MR) is 106 cm³/mol. The van der Waals surface area contributed by atoms with Gasteiger partial charge in [-0.3, -0.25) is 0 Å². The first-order chi connectivity index (χ1) is 15.3. The highest BCUT2D eigenvalue weighted by Crippen LogP contribution is 2.39. The number of ether oxygens (including phenoxy) is 2. The summed E-state index contributed by atoms with van der Waals surface area (Å²) < 4.78 is 64.4. The van der Waals surface area contributed by atoms with Crippen LogP contribution in [0.25, 0.3) is 0 Å². The van der Waals surface area contributed by atoms with Crippen LogP contribution in [0.3, 0.4) is 0 Å². The molecule has 2 aromatic rings. The van der Waals surface area contributed by atoms with Crippen LogP contribution >= 0.6 is 0 Å². The van der Waals surface area contributed by atoms with Crippen LogP contribution in [-0.4, -0.2) is 49.9 Å². The van der Waals surface area contributed by atoms with E-state index in [-0.39, 0.29) is 36.9 Å². The third-order valence-electron chi connectivity index (χ3n) is 4.62. The maximum absolute atomic E-state index is 13.5. The number of hydrogen-bond acceptors (Lipinski definition) is 7. The molecule has 8 nitrogen and oxygen atoms in total. The zero-order valence-electron chi connectivity index (χ0n) is 18.1. The van der Waals surface area contributed by atoms with Crippen molar-refractivity contribution in [3.8, 4) is 11.6 Å². The van der Waals surface area contributed by atoms with E-state index in [2.05, 4.69) is 9.97 Å². The van der Waals surface area contributed by atoms with Crippen molar-refractivity contribution in [3.63, 3.8) is 0 Å². The number of carbonyl (C=O) groups is 1. The fraction of sp³-hybridized carbons (Fsp3) is 0.476. The molecule has 0 aliphatic carbocycles. The van der Waals surface area contributed by atoms with E-state index >= 15 is 0 Å². The van der Waals surface area contributed by atoms with E-state index in [9.17, 15) is 32.6 Å². The second kappa shape index (κ2) is 9.10. The minimum Gasteiger partial charge on any atom is -0.444 e. The van der Waals surface area contributed by atoms with Gasteiger partial charge in [0.25, 0.3) is 0 Å². The van der Waals surface area contributed by atoms with Gasteiger partial charge in [-0.1, -0.05) is 0 Å². The summed E-state index contributed by atoms with van der Waals surface area (Å²) in [6.07, 6.45) is -6.92. The van der Waals surface area contributed by atoms with Gasteiger partial charge in [0.05, 0.1) is 18.8 Å². The predicted octanol–water partition coefficient (Wildman–Crippen LogP) is 3.75. The summed E-state index contributed by atoms with van der Waals surface area (Å²) in [4.78, 5) is 21.9. The zero-order chi connectivity index (χ0) is 24.6. The lowest BCUT2D eigenvalue weighted by molar-refractivity contribution is -0.138. The summed E-state index contributed by atoms with van der Waals surface area (Å²) in [5.74, 6) is -2.37. The molecule has 12 heteroatoms. The fourth-order valence-electron chi connectivity index (χ4n) is 3.13. The largest absolute Gasteiger partial charge is 0.444 e. The van der Waals surface area contributed by atoms with Crippen molar-refractivity contribution < 1.29 is 42.0 Å². The topological polar surface area (TPSA) is 105 Å². The number of aromatic nitrogens is 2. The molecule has 1 unspecified atom stereocenters. The lowest BCUT2D eigenvalue weighted by atomic mass is 10.1. The molecule has 1 aromatic heterocycles. The van der Waals surface area contributed by atoms with Gasteiger partial charge in [-0.05, 0) is 45.4 Å². The van der Waals surface area contributed by atoms with Crippen LogP contribution in [0.4, 0.5) is 22.4 Å². The molecule has 1 amide bonds. The van der Waals surface area contributed by atoms with E-state index in [0.29, 0.717) is 11.6 Å². The molecule has 2 N–H and O–H groups in total. The van der Waals surface area contributed by atoms with Crippen LogP contribution in [0.15, 0.2) is 18.2 Å². The average molecular weight is 473 g/mol. The van der Waals surface area contributed by atoms with E-state index < -0.39 is 47.7 Å². The fourth-order valence-corrected chi connectivity index (χ4v) is 3.13. The van der Waals surface area contributed by atoms with Crippen LogP contribution in [0.2, 0.25) is 0 Å². The number of aliphatic hydroxyl groups excluding tert-OH is 2. The highest BCUT2D eigenvalue weighted by Gasteiger charge is 2.36. The van der Waals surface area contributed by atoms with Gasteiger partial charge in [-0.2, -0.15) is 18.2 Å². The Labute approximate surface area is 186 Å². The van der Waals surface area contributed by atoms with Crippen molar-refractivity contribution in [2.75, 3.05) is 13.2 Å². The van der Waals surface area contributed by atoms with Gasteiger partial charge in [0, 0.05) is 12.1 Å². The first-order valence-electron chi connectivity index (χ1n) is 9.99. The van der Waals surface area contributed by atoms with Gasteiger partial charge in [-0.25, -0.2) is 14.2 Å². The first-order valence-corrected chi connectivity index (χ1v) is 9.99. The molecule has 1 aliphatic rings. The second-order valence-electron chi connectivity index (χ2n) is 8.40. The van der Waals surface area contributed by atoms with Gasteiger partial charge in [-0.15, -0.1) is 0 Å². The highest BCUT2D eigenvalue weighted by molar-refractivity contribution is 5.68. The molecule has 1 atom stereocenters. The van der Waals surface area contributed by atoms with Crippen LogP contribution < -0.4 is 4.74 Å². The standard InChI is InChI=1S/C21H23F4N3O5/c1-20(2,3)33-19(31)28-7-6-12-14(9-28)26-17(15(30)10-29)27-18(12)32-16-5-4-11(22)8-13(16)21(23,24)25/h4-5,8,15,29-30H,6-7,9-10H2,1-3H3. The first kappa shape index (κ1) is 24.6. The molecular weight excluding hydrogens is 450 g/mol. The number of benzene rings is 1. The Bertz CT molecular complexity index is 1040. The number of alkyl halides is 3. The molecule has 0 saturated heterocycles. The summed E-state index contributed by atoms with van der Waals surface area (Å²) in [7, 11) is 0. The highest BCUT2D eigenvalue weighted by atomic mass is 19.4. The van der Waals surface area contributed by atoms with Crippen LogP contribution in [0.1, 0.15) is 49.5 Å². The van der Waals surface area contributed by atoms with Crippen molar-refractivity contribution in [3.05, 3.63) is 46.7 Å². The summed E-state index contributed by atoms with van der Waals surface area (Å²) in [5, 5.41) is 19.3. The lowest BCUT2D eigenvalue weighted by Gasteiger charge is -2.31.